The molecule has 4 heteroatoms. The van der Waals surface area contributed by atoms with Crippen LogP contribution in [-0.2, 0) is 10.2 Å². The third-order valence-electron chi connectivity index (χ3n) is 5.33. The molecule has 1 fully saturated rings. The van der Waals surface area contributed by atoms with Crippen molar-refractivity contribution in [3.63, 3.8) is 0 Å². The predicted molar refractivity (Wildman–Crippen MR) is 108 cm³/mol. The van der Waals surface area contributed by atoms with Gasteiger partial charge in [0.1, 0.15) is 0 Å². The number of carbonyl (C=O) groups excluding carboxylic acids is 2. The highest BCUT2D eigenvalue weighted by Crippen LogP contribution is 2.27. The SMILES string of the molecule is Cc1cccc(C(=O)N2CCN(C(=O)CC(C)(C)c3ccccc3)CC2)c1. The van der Waals surface area contributed by atoms with Crippen molar-refractivity contribution in [2.45, 2.75) is 32.6 Å². The second kappa shape index (κ2) is 7.95. The molecule has 1 aliphatic heterocycles. The number of amides is 2. The smallest absolute Gasteiger partial charge is 0.253 e. The van der Waals surface area contributed by atoms with Gasteiger partial charge in [0.25, 0.3) is 5.91 Å². The first-order chi connectivity index (χ1) is 12.9. The minimum atomic E-state index is -0.202. The summed E-state index contributed by atoms with van der Waals surface area (Å²) in [5.74, 6) is 0.210. The number of carbonyl (C=O) groups is 2. The molecule has 4 nitrogen and oxygen atoms in total. The number of piperazine rings is 1. The van der Waals surface area contributed by atoms with Crippen LogP contribution >= 0.6 is 0 Å². The van der Waals surface area contributed by atoms with Crippen molar-refractivity contribution in [2.75, 3.05) is 26.2 Å². The van der Waals surface area contributed by atoms with Crippen LogP contribution in [-0.4, -0.2) is 47.8 Å². The Hall–Kier alpha value is -2.62. The van der Waals surface area contributed by atoms with Crippen LogP contribution in [0.1, 0.15) is 41.8 Å². The monoisotopic (exact) mass is 364 g/mol. The summed E-state index contributed by atoms with van der Waals surface area (Å²) in [7, 11) is 0. The van der Waals surface area contributed by atoms with E-state index in [0.717, 1.165) is 11.1 Å². The van der Waals surface area contributed by atoms with Crippen LogP contribution in [0.15, 0.2) is 54.6 Å². The van der Waals surface area contributed by atoms with Crippen molar-refractivity contribution in [3.05, 3.63) is 71.3 Å². The van der Waals surface area contributed by atoms with Crippen LogP contribution < -0.4 is 0 Å². The number of nitrogens with zero attached hydrogens (tertiary/aromatic N) is 2. The first-order valence-corrected chi connectivity index (χ1v) is 9.56. The topological polar surface area (TPSA) is 40.6 Å². The van der Waals surface area contributed by atoms with Gasteiger partial charge in [0.05, 0.1) is 0 Å². The third-order valence-corrected chi connectivity index (χ3v) is 5.33. The first kappa shape index (κ1) is 19.2. The lowest BCUT2D eigenvalue weighted by atomic mass is 9.81. The first-order valence-electron chi connectivity index (χ1n) is 9.56. The normalized spacial score (nSPS) is 14.9. The molecule has 27 heavy (non-hydrogen) atoms. The summed E-state index contributed by atoms with van der Waals surface area (Å²) in [6.45, 7) is 8.58. The molecule has 1 heterocycles. The highest BCUT2D eigenvalue weighted by molar-refractivity contribution is 5.94. The molecule has 0 atom stereocenters. The van der Waals surface area contributed by atoms with Crippen molar-refractivity contribution < 1.29 is 9.59 Å². The van der Waals surface area contributed by atoms with Crippen molar-refractivity contribution in [2.24, 2.45) is 0 Å². The quantitative estimate of drug-likeness (QED) is 0.831. The fourth-order valence-electron chi connectivity index (χ4n) is 3.60. The zero-order valence-electron chi connectivity index (χ0n) is 16.4. The largest absolute Gasteiger partial charge is 0.339 e. The molecule has 0 bridgehead atoms. The predicted octanol–water partition coefficient (Wildman–Crippen LogP) is 3.65. The number of hydrogen-bond donors (Lipinski definition) is 0. The second-order valence-electron chi connectivity index (χ2n) is 7.97. The Kier molecular flexibility index (Phi) is 5.64. The average Bonchev–Trinajstić information content (AvgIpc) is 2.68. The molecular weight excluding hydrogens is 336 g/mol. The van der Waals surface area contributed by atoms with E-state index >= 15 is 0 Å². The molecular formula is C23H28N2O2. The minimum Gasteiger partial charge on any atom is -0.339 e. The van der Waals surface area contributed by atoms with E-state index < -0.39 is 0 Å². The van der Waals surface area contributed by atoms with Crippen LogP contribution in [0.3, 0.4) is 0 Å². The van der Waals surface area contributed by atoms with Crippen LogP contribution in [0.4, 0.5) is 0 Å². The molecule has 2 aromatic carbocycles. The van der Waals surface area contributed by atoms with Gasteiger partial charge in [-0.1, -0.05) is 61.9 Å². The Labute approximate surface area is 161 Å². The number of hydrogen-bond acceptors (Lipinski definition) is 2. The van der Waals surface area contributed by atoms with E-state index in [9.17, 15) is 9.59 Å². The van der Waals surface area contributed by atoms with Crippen molar-refractivity contribution >= 4 is 11.8 Å². The molecule has 1 aliphatic rings. The lowest BCUT2D eigenvalue weighted by Crippen LogP contribution is -2.51. The molecule has 0 unspecified atom stereocenters. The molecule has 0 radical (unpaired) electrons. The third kappa shape index (κ3) is 4.57. The van der Waals surface area contributed by atoms with Gasteiger partial charge in [0.2, 0.25) is 5.91 Å². The summed E-state index contributed by atoms with van der Waals surface area (Å²) in [5.41, 5.74) is 2.77. The Morgan fingerprint density at radius 2 is 1.52 bits per heavy atom. The second-order valence-corrected chi connectivity index (χ2v) is 7.97. The molecule has 2 amide bonds. The van der Waals surface area contributed by atoms with Gasteiger partial charge in [-0.25, -0.2) is 0 Å². The van der Waals surface area contributed by atoms with Gasteiger partial charge >= 0.3 is 0 Å². The maximum Gasteiger partial charge on any atom is 0.253 e. The van der Waals surface area contributed by atoms with Crippen LogP contribution in [0.25, 0.3) is 0 Å². The van der Waals surface area contributed by atoms with Crippen molar-refractivity contribution in [3.8, 4) is 0 Å². The molecule has 0 spiro atoms. The van der Waals surface area contributed by atoms with E-state index in [0.29, 0.717) is 32.6 Å². The van der Waals surface area contributed by atoms with Gasteiger partial charge in [-0.05, 0) is 30.0 Å². The molecule has 0 N–H and O–H groups in total. The van der Waals surface area contributed by atoms with Gasteiger partial charge in [-0.3, -0.25) is 9.59 Å². The van der Waals surface area contributed by atoms with Crippen LogP contribution in [0.5, 0.6) is 0 Å². The summed E-state index contributed by atoms with van der Waals surface area (Å²) < 4.78 is 0. The molecule has 142 valence electrons. The standard InChI is InChI=1S/C23H28N2O2/c1-18-8-7-9-19(16-18)22(27)25-14-12-24(13-15-25)21(26)17-23(2,3)20-10-5-4-6-11-20/h4-11,16H,12-15,17H2,1-3H3. The van der Waals surface area contributed by atoms with Gasteiger partial charge < -0.3 is 9.80 Å². The maximum atomic E-state index is 12.8. The van der Waals surface area contributed by atoms with Crippen molar-refractivity contribution in [1.29, 1.82) is 0 Å². The Balaban J connectivity index is 1.57. The van der Waals surface area contributed by atoms with E-state index in [-0.39, 0.29) is 17.2 Å². The number of aryl methyl sites for hydroxylation is 1. The molecule has 0 aromatic heterocycles. The summed E-state index contributed by atoms with van der Waals surface area (Å²) in [6, 6.07) is 17.8. The Morgan fingerprint density at radius 1 is 0.889 bits per heavy atom. The maximum absolute atomic E-state index is 12.8. The van der Waals surface area contributed by atoms with E-state index in [1.807, 2.05) is 59.2 Å². The fraction of sp³-hybridized carbons (Fsp3) is 0.391. The average molecular weight is 364 g/mol. The van der Waals surface area contributed by atoms with E-state index in [1.54, 1.807) is 0 Å². The van der Waals surface area contributed by atoms with Crippen LogP contribution in [0.2, 0.25) is 0 Å². The van der Waals surface area contributed by atoms with Crippen molar-refractivity contribution in [1.82, 2.24) is 9.80 Å². The Bertz CT molecular complexity index is 806. The lowest BCUT2D eigenvalue weighted by molar-refractivity contribution is -0.133. The summed E-state index contributed by atoms with van der Waals surface area (Å²) >= 11 is 0. The van der Waals surface area contributed by atoms with Gasteiger partial charge in [0, 0.05) is 38.2 Å². The fourth-order valence-corrected chi connectivity index (χ4v) is 3.60. The molecule has 3 rings (SSSR count). The number of benzene rings is 2. The minimum absolute atomic E-state index is 0.0513. The summed E-state index contributed by atoms with van der Waals surface area (Å²) in [4.78, 5) is 29.2. The molecule has 1 saturated heterocycles. The zero-order valence-corrected chi connectivity index (χ0v) is 16.4. The van der Waals surface area contributed by atoms with Gasteiger partial charge in [-0.2, -0.15) is 0 Å². The van der Waals surface area contributed by atoms with Gasteiger partial charge in [0.15, 0.2) is 0 Å². The van der Waals surface area contributed by atoms with Crippen LogP contribution in [0, 0.1) is 6.92 Å². The number of rotatable bonds is 4. The summed E-state index contributed by atoms with van der Waals surface area (Å²) in [5, 5.41) is 0. The Morgan fingerprint density at radius 3 is 2.15 bits per heavy atom. The highest BCUT2D eigenvalue weighted by Gasteiger charge is 2.30. The van der Waals surface area contributed by atoms with E-state index in [4.69, 9.17) is 0 Å². The molecule has 0 aliphatic carbocycles. The van der Waals surface area contributed by atoms with E-state index in [2.05, 4.69) is 26.0 Å². The van der Waals surface area contributed by atoms with Gasteiger partial charge in [-0.15, -0.1) is 0 Å². The zero-order chi connectivity index (χ0) is 19.4. The highest BCUT2D eigenvalue weighted by atomic mass is 16.2. The lowest BCUT2D eigenvalue weighted by Gasteiger charge is -2.36. The molecule has 0 saturated carbocycles. The molecule has 2 aromatic rings. The summed E-state index contributed by atoms with van der Waals surface area (Å²) in [6.07, 6.45) is 0.475. The van der Waals surface area contributed by atoms with E-state index in [1.165, 1.54) is 5.56 Å².